The molecule has 2 aromatic heterocycles. The van der Waals surface area contributed by atoms with Gasteiger partial charge in [-0.05, 0) is 50.2 Å². The van der Waals surface area contributed by atoms with Crippen molar-refractivity contribution in [3.63, 3.8) is 0 Å². The van der Waals surface area contributed by atoms with Gasteiger partial charge in [0.15, 0.2) is 11.5 Å². The van der Waals surface area contributed by atoms with Crippen LogP contribution in [0.15, 0.2) is 24.4 Å². The average molecular weight is 341 g/mol. The number of pyridine rings is 1. The van der Waals surface area contributed by atoms with Crippen LogP contribution in [0.3, 0.4) is 0 Å². The average Bonchev–Trinajstić information content (AvgIpc) is 3.20. The Balaban J connectivity index is 1.52. The molecule has 25 heavy (non-hydrogen) atoms. The summed E-state index contributed by atoms with van der Waals surface area (Å²) < 4.78 is 1.98. The second-order valence-corrected chi connectivity index (χ2v) is 7.37. The standard InChI is InChI=1S/C19H27N5O/c1-2-7-15(18-22-21-17-11-3-4-12-24(17)18)20-19(25)23-13-6-10-16(23)14-8-5-9-14/h3-4,11-12,14-16H,2,5-10,13H2,1H3,(H,20,25)/t15-,16-/m0/s1. The van der Waals surface area contributed by atoms with Crippen LogP contribution in [0.4, 0.5) is 4.79 Å². The number of carbonyl (C=O) groups excluding carboxylic acids is 1. The highest BCUT2D eigenvalue weighted by molar-refractivity contribution is 5.75. The number of fused-ring (bicyclic) bond motifs is 1. The fourth-order valence-corrected chi connectivity index (χ4v) is 4.24. The first kappa shape index (κ1) is 16.4. The van der Waals surface area contributed by atoms with Crippen molar-refractivity contribution in [3.05, 3.63) is 30.2 Å². The minimum absolute atomic E-state index is 0.0699. The monoisotopic (exact) mass is 341 g/mol. The van der Waals surface area contributed by atoms with E-state index in [1.54, 1.807) is 0 Å². The highest BCUT2D eigenvalue weighted by atomic mass is 16.2. The molecule has 2 amide bonds. The predicted molar refractivity (Wildman–Crippen MR) is 96.2 cm³/mol. The maximum atomic E-state index is 13.0. The van der Waals surface area contributed by atoms with Crippen LogP contribution in [0.25, 0.3) is 5.65 Å². The quantitative estimate of drug-likeness (QED) is 0.905. The molecule has 0 unspecified atom stereocenters. The van der Waals surface area contributed by atoms with Crippen LogP contribution >= 0.6 is 0 Å². The van der Waals surface area contributed by atoms with E-state index < -0.39 is 0 Å². The Morgan fingerprint density at radius 2 is 2.16 bits per heavy atom. The van der Waals surface area contributed by atoms with Gasteiger partial charge in [-0.25, -0.2) is 4.79 Å². The second-order valence-electron chi connectivity index (χ2n) is 7.37. The molecule has 4 rings (SSSR count). The molecule has 2 aliphatic rings. The lowest BCUT2D eigenvalue weighted by Gasteiger charge is -2.37. The van der Waals surface area contributed by atoms with E-state index in [9.17, 15) is 4.79 Å². The molecule has 2 fully saturated rings. The maximum Gasteiger partial charge on any atom is 0.318 e. The molecule has 6 heteroatoms. The molecule has 1 aliphatic carbocycles. The van der Waals surface area contributed by atoms with E-state index >= 15 is 0 Å². The summed E-state index contributed by atoms with van der Waals surface area (Å²) in [7, 11) is 0. The molecule has 1 N–H and O–H groups in total. The minimum Gasteiger partial charge on any atom is -0.328 e. The zero-order valence-corrected chi connectivity index (χ0v) is 14.9. The Morgan fingerprint density at radius 1 is 1.28 bits per heavy atom. The van der Waals surface area contributed by atoms with Crippen LogP contribution in [0, 0.1) is 5.92 Å². The van der Waals surface area contributed by atoms with E-state index in [1.807, 2.05) is 28.8 Å². The summed E-state index contributed by atoms with van der Waals surface area (Å²) in [5, 5.41) is 11.8. The largest absolute Gasteiger partial charge is 0.328 e. The van der Waals surface area contributed by atoms with Gasteiger partial charge in [0.05, 0.1) is 6.04 Å². The summed E-state index contributed by atoms with van der Waals surface area (Å²) in [5.41, 5.74) is 0.821. The molecule has 0 aromatic carbocycles. The molecule has 1 aliphatic heterocycles. The van der Waals surface area contributed by atoms with E-state index in [2.05, 4.69) is 27.3 Å². The lowest BCUT2D eigenvalue weighted by molar-refractivity contribution is 0.136. The van der Waals surface area contributed by atoms with Crippen molar-refractivity contribution in [2.75, 3.05) is 6.54 Å². The molecule has 0 bridgehead atoms. The van der Waals surface area contributed by atoms with Gasteiger partial charge in [-0.3, -0.25) is 4.40 Å². The highest BCUT2D eigenvalue weighted by Gasteiger charge is 2.38. The molecule has 6 nitrogen and oxygen atoms in total. The van der Waals surface area contributed by atoms with E-state index in [1.165, 1.54) is 19.3 Å². The Kier molecular flexibility index (Phi) is 4.59. The third-order valence-electron chi connectivity index (χ3n) is 5.78. The topological polar surface area (TPSA) is 62.5 Å². The smallest absolute Gasteiger partial charge is 0.318 e. The molecule has 0 radical (unpaired) electrons. The fraction of sp³-hybridized carbons (Fsp3) is 0.632. The summed E-state index contributed by atoms with van der Waals surface area (Å²) >= 11 is 0. The SMILES string of the molecule is CCC[C@H](NC(=O)N1CCC[C@H]1C1CCC1)c1nnc2ccccn12. The number of urea groups is 1. The third kappa shape index (κ3) is 3.10. The molecule has 3 heterocycles. The zero-order chi connectivity index (χ0) is 17.2. The van der Waals surface area contributed by atoms with Gasteiger partial charge in [0.25, 0.3) is 0 Å². The van der Waals surface area contributed by atoms with Crippen LogP contribution in [-0.4, -0.2) is 38.1 Å². The van der Waals surface area contributed by atoms with E-state index in [4.69, 9.17) is 0 Å². The summed E-state index contributed by atoms with van der Waals surface area (Å²) in [5.74, 6) is 1.54. The first-order valence-corrected chi connectivity index (χ1v) is 9.64. The Hall–Kier alpha value is -2.11. The van der Waals surface area contributed by atoms with Crippen molar-refractivity contribution in [1.82, 2.24) is 24.8 Å². The van der Waals surface area contributed by atoms with Crippen LogP contribution in [0.2, 0.25) is 0 Å². The predicted octanol–water partition coefficient (Wildman–Crippen LogP) is 3.54. The molecule has 134 valence electrons. The van der Waals surface area contributed by atoms with Crippen LogP contribution < -0.4 is 5.32 Å². The molecule has 1 saturated heterocycles. The number of hydrogen-bond donors (Lipinski definition) is 1. The van der Waals surface area contributed by atoms with Crippen LogP contribution in [-0.2, 0) is 0 Å². The summed E-state index contributed by atoms with van der Waals surface area (Å²) in [6.07, 6.45) is 9.98. The van der Waals surface area contributed by atoms with E-state index in [-0.39, 0.29) is 12.1 Å². The zero-order valence-electron chi connectivity index (χ0n) is 14.9. The molecular weight excluding hydrogens is 314 g/mol. The first-order chi connectivity index (χ1) is 12.3. The van der Waals surface area contributed by atoms with Crippen molar-refractivity contribution in [2.24, 2.45) is 5.92 Å². The maximum absolute atomic E-state index is 13.0. The van der Waals surface area contributed by atoms with E-state index in [0.717, 1.165) is 43.7 Å². The number of likely N-dealkylation sites (tertiary alicyclic amines) is 1. The number of hydrogen-bond acceptors (Lipinski definition) is 3. The van der Waals surface area contributed by atoms with Crippen molar-refractivity contribution in [1.29, 1.82) is 0 Å². The van der Waals surface area contributed by atoms with Gasteiger partial charge >= 0.3 is 6.03 Å². The van der Waals surface area contributed by atoms with Crippen molar-refractivity contribution in [3.8, 4) is 0 Å². The van der Waals surface area contributed by atoms with E-state index in [0.29, 0.717) is 12.0 Å². The number of rotatable bonds is 5. The van der Waals surface area contributed by atoms with Gasteiger partial charge in [0, 0.05) is 18.8 Å². The third-order valence-corrected chi connectivity index (χ3v) is 5.78. The Morgan fingerprint density at radius 3 is 2.92 bits per heavy atom. The lowest BCUT2D eigenvalue weighted by Crippen LogP contribution is -2.48. The van der Waals surface area contributed by atoms with Crippen molar-refractivity contribution < 1.29 is 4.79 Å². The van der Waals surface area contributed by atoms with Gasteiger partial charge in [0.1, 0.15) is 0 Å². The normalized spacial score (nSPS) is 22.1. The molecule has 2 aromatic rings. The summed E-state index contributed by atoms with van der Waals surface area (Å²) in [4.78, 5) is 15.1. The molecular formula is C19H27N5O. The Bertz CT molecular complexity index is 738. The van der Waals surface area contributed by atoms with Gasteiger partial charge in [0.2, 0.25) is 0 Å². The van der Waals surface area contributed by atoms with Crippen LogP contribution in [0.5, 0.6) is 0 Å². The summed E-state index contributed by atoms with van der Waals surface area (Å²) in [6.45, 7) is 3.02. The number of nitrogens with zero attached hydrogens (tertiary/aromatic N) is 4. The van der Waals surface area contributed by atoms with Gasteiger partial charge in [-0.2, -0.15) is 0 Å². The minimum atomic E-state index is -0.0995. The van der Waals surface area contributed by atoms with Crippen molar-refractivity contribution in [2.45, 2.75) is 64.0 Å². The van der Waals surface area contributed by atoms with Gasteiger partial charge in [-0.1, -0.05) is 25.8 Å². The number of amides is 2. The number of aromatic nitrogens is 3. The fourth-order valence-electron chi connectivity index (χ4n) is 4.24. The lowest BCUT2D eigenvalue weighted by atomic mass is 9.79. The van der Waals surface area contributed by atoms with Crippen molar-refractivity contribution >= 4 is 11.7 Å². The Labute approximate surface area is 148 Å². The molecule has 0 spiro atoms. The molecule has 1 saturated carbocycles. The van der Waals surface area contributed by atoms with Crippen LogP contribution in [0.1, 0.15) is 63.7 Å². The first-order valence-electron chi connectivity index (χ1n) is 9.64. The second kappa shape index (κ2) is 7.02. The number of carbonyl (C=O) groups is 1. The van der Waals surface area contributed by atoms with Gasteiger partial charge in [-0.15, -0.1) is 10.2 Å². The number of nitrogens with one attached hydrogen (secondary N) is 1. The molecule has 2 atom stereocenters. The van der Waals surface area contributed by atoms with Gasteiger partial charge < -0.3 is 10.2 Å². The highest BCUT2D eigenvalue weighted by Crippen LogP contribution is 2.37. The summed E-state index contributed by atoms with van der Waals surface area (Å²) in [6, 6.07) is 6.27.